The number of fused-ring (bicyclic) bond motifs is 1. The number of rotatable bonds is 9. The number of aromatic nitrogens is 1. The summed E-state index contributed by atoms with van der Waals surface area (Å²) >= 11 is 0. The van der Waals surface area contributed by atoms with Crippen molar-refractivity contribution in [1.29, 1.82) is 0 Å². The van der Waals surface area contributed by atoms with Gasteiger partial charge in [-0.15, -0.1) is 0 Å². The van der Waals surface area contributed by atoms with Crippen molar-refractivity contribution in [2.75, 3.05) is 6.54 Å². The van der Waals surface area contributed by atoms with E-state index in [0.717, 1.165) is 23.9 Å². The highest BCUT2D eigenvalue weighted by Gasteiger charge is 2.15. The third-order valence-corrected chi connectivity index (χ3v) is 4.71. The Morgan fingerprint density at radius 3 is 2.48 bits per heavy atom. The van der Waals surface area contributed by atoms with Crippen LogP contribution in [0, 0.1) is 0 Å². The van der Waals surface area contributed by atoms with E-state index in [-0.39, 0.29) is 18.2 Å². The maximum Gasteiger partial charge on any atom is 0.222 e. The monoisotopic (exact) mass is 363 g/mol. The number of hydrogen-bond donors (Lipinski definition) is 2. The Kier molecular flexibility index (Phi) is 6.26. The molecule has 0 saturated carbocycles. The SMILES string of the molecule is NC(=O)CCN(Cc1ccccc1)C(=O)CCCc1c[nH]c2ccccc12. The van der Waals surface area contributed by atoms with Crippen molar-refractivity contribution < 1.29 is 9.59 Å². The summed E-state index contributed by atoms with van der Waals surface area (Å²) in [6, 6.07) is 18.0. The lowest BCUT2D eigenvalue weighted by Gasteiger charge is -2.22. The molecule has 2 aromatic carbocycles. The topological polar surface area (TPSA) is 79.2 Å². The Morgan fingerprint density at radius 2 is 1.70 bits per heavy atom. The largest absolute Gasteiger partial charge is 0.370 e. The molecule has 0 fully saturated rings. The van der Waals surface area contributed by atoms with Gasteiger partial charge in [-0.25, -0.2) is 0 Å². The smallest absolute Gasteiger partial charge is 0.222 e. The van der Waals surface area contributed by atoms with E-state index in [9.17, 15) is 9.59 Å². The first-order valence-electron chi connectivity index (χ1n) is 9.28. The molecule has 0 unspecified atom stereocenters. The van der Waals surface area contributed by atoms with Gasteiger partial charge in [0.2, 0.25) is 11.8 Å². The van der Waals surface area contributed by atoms with E-state index in [1.807, 2.05) is 48.7 Å². The fourth-order valence-corrected chi connectivity index (χ4v) is 3.27. The lowest BCUT2D eigenvalue weighted by Crippen LogP contribution is -2.33. The summed E-state index contributed by atoms with van der Waals surface area (Å²) in [6.07, 6.45) is 4.25. The highest BCUT2D eigenvalue weighted by Crippen LogP contribution is 2.20. The highest BCUT2D eigenvalue weighted by molar-refractivity contribution is 5.83. The third kappa shape index (κ3) is 5.20. The number of para-hydroxylation sites is 1. The van der Waals surface area contributed by atoms with Crippen LogP contribution in [0.4, 0.5) is 0 Å². The molecule has 0 spiro atoms. The van der Waals surface area contributed by atoms with E-state index >= 15 is 0 Å². The van der Waals surface area contributed by atoms with Gasteiger partial charge < -0.3 is 15.6 Å². The summed E-state index contributed by atoms with van der Waals surface area (Å²) in [4.78, 5) is 28.9. The number of aromatic amines is 1. The molecular formula is C22H25N3O2. The molecule has 140 valence electrons. The number of carbonyl (C=O) groups is 2. The van der Waals surface area contributed by atoms with Crippen LogP contribution in [0.15, 0.2) is 60.8 Å². The Hall–Kier alpha value is -3.08. The van der Waals surface area contributed by atoms with Crippen molar-refractivity contribution >= 4 is 22.7 Å². The number of H-pyrrole nitrogens is 1. The Morgan fingerprint density at radius 1 is 0.963 bits per heavy atom. The molecule has 2 amide bonds. The fourth-order valence-electron chi connectivity index (χ4n) is 3.27. The molecule has 3 rings (SSSR count). The molecule has 0 aliphatic rings. The number of carbonyl (C=O) groups excluding carboxylic acids is 2. The van der Waals surface area contributed by atoms with Crippen LogP contribution < -0.4 is 5.73 Å². The maximum atomic E-state index is 12.7. The molecule has 0 aliphatic carbocycles. The number of hydrogen-bond acceptors (Lipinski definition) is 2. The molecule has 27 heavy (non-hydrogen) atoms. The van der Waals surface area contributed by atoms with E-state index in [4.69, 9.17) is 5.73 Å². The van der Waals surface area contributed by atoms with Crippen molar-refractivity contribution in [3.63, 3.8) is 0 Å². The number of nitrogens with two attached hydrogens (primary N) is 1. The summed E-state index contributed by atoms with van der Waals surface area (Å²) in [6.45, 7) is 0.857. The van der Waals surface area contributed by atoms with Gasteiger partial charge in [-0.05, 0) is 30.0 Å². The minimum atomic E-state index is -0.389. The highest BCUT2D eigenvalue weighted by atomic mass is 16.2. The first kappa shape index (κ1) is 18.7. The normalized spacial score (nSPS) is 10.8. The van der Waals surface area contributed by atoms with E-state index in [2.05, 4.69) is 17.1 Å². The summed E-state index contributed by atoms with van der Waals surface area (Å²) in [7, 11) is 0. The lowest BCUT2D eigenvalue weighted by molar-refractivity contribution is -0.132. The molecule has 0 radical (unpaired) electrons. The molecule has 0 bridgehead atoms. The van der Waals surface area contributed by atoms with Gasteiger partial charge in [-0.3, -0.25) is 9.59 Å². The minimum absolute atomic E-state index is 0.0555. The molecule has 3 N–H and O–H groups in total. The van der Waals surface area contributed by atoms with Crippen molar-refractivity contribution in [3.8, 4) is 0 Å². The summed E-state index contributed by atoms with van der Waals surface area (Å²) in [5.41, 5.74) is 8.66. The quantitative estimate of drug-likeness (QED) is 0.611. The van der Waals surface area contributed by atoms with Crippen molar-refractivity contribution in [2.45, 2.75) is 32.2 Å². The van der Waals surface area contributed by atoms with Gasteiger partial charge in [0.1, 0.15) is 0 Å². The number of nitrogens with zero attached hydrogens (tertiary/aromatic N) is 1. The second-order valence-corrected chi connectivity index (χ2v) is 6.73. The van der Waals surface area contributed by atoms with Gasteiger partial charge >= 0.3 is 0 Å². The molecule has 5 nitrogen and oxygen atoms in total. The first-order chi connectivity index (χ1) is 13.1. The zero-order valence-corrected chi connectivity index (χ0v) is 15.4. The molecule has 0 aliphatic heterocycles. The van der Waals surface area contributed by atoms with Crippen LogP contribution in [0.2, 0.25) is 0 Å². The molecule has 1 heterocycles. The maximum absolute atomic E-state index is 12.7. The molecular weight excluding hydrogens is 338 g/mol. The van der Waals surface area contributed by atoms with Crippen LogP contribution in [0.5, 0.6) is 0 Å². The van der Waals surface area contributed by atoms with E-state index in [0.29, 0.717) is 19.5 Å². The van der Waals surface area contributed by atoms with Gasteiger partial charge in [0.15, 0.2) is 0 Å². The van der Waals surface area contributed by atoms with Crippen molar-refractivity contribution in [3.05, 3.63) is 71.9 Å². The standard InChI is InChI=1S/C22H25N3O2/c23-21(26)13-14-25(16-17-7-2-1-3-8-17)22(27)12-6-9-18-15-24-20-11-5-4-10-19(18)20/h1-5,7-8,10-11,15,24H,6,9,12-14,16H2,(H2,23,26). The van der Waals surface area contributed by atoms with Crippen molar-refractivity contribution in [2.24, 2.45) is 5.73 Å². The fraction of sp³-hybridized carbons (Fsp3) is 0.273. The number of aryl methyl sites for hydroxylation is 1. The van der Waals surface area contributed by atoms with Crippen LogP contribution in [0.25, 0.3) is 10.9 Å². The van der Waals surface area contributed by atoms with Gasteiger partial charge in [0, 0.05) is 43.0 Å². The Labute approximate surface area is 159 Å². The van der Waals surface area contributed by atoms with Crippen LogP contribution in [0.1, 0.15) is 30.4 Å². The minimum Gasteiger partial charge on any atom is -0.370 e. The molecule has 5 heteroatoms. The summed E-state index contributed by atoms with van der Waals surface area (Å²) in [5, 5.41) is 1.21. The second kappa shape index (κ2) is 9.03. The first-order valence-corrected chi connectivity index (χ1v) is 9.28. The van der Waals surface area contributed by atoms with Gasteiger partial charge in [-0.1, -0.05) is 48.5 Å². The number of benzene rings is 2. The zero-order chi connectivity index (χ0) is 19.1. The molecule has 0 atom stereocenters. The van der Waals surface area contributed by atoms with E-state index in [1.54, 1.807) is 4.90 Å². The van der Waals surface area contributed by atoms with Crippen LogP contribution in [0.3, 0.4) is 0 Å². The summed E-state index contributed by atoms with van der Waals surface area (Å²) < 4.78 is 0. The van der Waals surface area contributed by atoms with Gasteiger partial charge in [0.25, 0.3) is 0 Å². The van der Waals surface area contributed by atoms with Crippen LogP contribution >= 0.6 is 0 Å². The average Bonchev–Trinajstić information content (AvgIpc) is 3.09. The van der Waals surface area contributed by atoms with Gasteiger partial charge in [0.05, 0.1) is 0 Å². The Bertz CT molecular complexity index is 902. The van der Waals surface area contributed by atoms with E-state index in [1.165, 1.54) is 10.9 Å². The number of primary amides is 1. The van der Waals surface area contributed by atoms with E-state index < -0.39 is 0 Å². The zero-order valence-electron chi connectivity index (χ0n) is 15.4. The number of amides is 2. The molecule has 0 saturated heterocycles. The summed E-state index contributed by atoms with van der Waals surface area (Å²) in [5.74, 6) is -0.334. The number of nitrogens with one attached hydrogen (secondary N) is 1. The van der Waals surface area contributed by atoms with Gasteiger partial charge in [-0.2, -0.15) is 0 Å². The molecule has 1 aromatic heterocycles. The Balaban J connectivity index is 1.58. The van der Waals surface area contributed by atoms with Crippen molar-refractivity contribution in [1.82, 2.24) is 9.88 Å². The van der Waals surface area contributed by atoms with Crippen LogP contribution in [-0.4, -0.2) is 28.2 Å². The predicted octanol–water partition coefficient (Wildman–Crippen LogP) is 3.39. The molecule has 3 aromatic rings. The second-order valence-electron chi connectivity index (χ2n) is 6.73. The predicted molar refractivity (Wildman–Crippen MR) is 107 cm³/mol. The lowest BCUT2D eigenvalue weighted by atomic mass is 10.1. The third-order valence-electron chi connectivity index (χ3n) is 4.71. The average molecular weight is 363 g/mol. The van der Waals surface area contributed by atoms with Crippen LogP contribution in [-0.2, 0) is 22.6 Å².